The van der Waals surface area contributed by atoms with Gasteiger partial charge in [0.25, 0.3) is 0 Å². The van der Waals surface area contributed by atoms with Crippen molar-refractivity contribution in [2.45, 2.75) is 18.8 Å². The zero-order chi connectivity index (χ0) is 19.7. The van der Waals surface area contributed by atoms with Crippen molar-refractivity contribution in [3.05, 3.63) is 65.6 Å². The Morgan fingerprint density at radius 3 is 2.30 bits per heavy atom. The normalized spacial score (nSPS) is 12.4. The summed E-state index contributed by atoms with van der Waals surface area (Å²) in [4.78, 5) is 7.34. The van der Waals surface area contributed by atoms with Crippen molar-refractivity contribution in [2.75, 3.05) is 11.9 Å². The molecule has 3 rings (SSSR count). The van der Waals surface area contributed by atoms with Gasteiger partial charge in [0.05, 0.1) is 11.1 Å². The summed E-state index contributed by atoms with van der Waals surface area (Å²) < 4.78 is 79.0. The molecule has 0 aliphatic rings. The predicted octanol–water partition coefficient (Wildman–Crippen LogP) is 5.32. The van der Waals surface area contributed by atoms with Crippen molar-refractivity contribution in [1.29, 1.82) is 0 Å². The van der Waals surface area contributed by atoms with Crippen molar-refractivity contribution < 1.29 is 26.3 Å². The van der Waals surface area contributed by atoms with Crippen molar-refractivity contribution >= 4 is 16.6 Å². The molecule has 2 aromatic heterocycles. The summed E-state index contributed by atoms with van der Waals surface area (Å²) in [5.41, 5.74) is -2.68. The zero-order valence-electron chi connectivity index (χ0n) is 13.7. The molecule has 0 radical (unpaired) electrons. The van der Waals surface area contributed by atoms with Gasteiger partial charge < -0.3 is 5.32 Å². The highest BCUT2D eigenvalue weighted by Crippen LogP contribution is 2.38. The molecular weight excluding hydrogens is 372 g/mol. The molecule has 0 saturated carbocycles. The molecule has 0 bridgehead atoms. The van der Waals surface area contributed by atoms with E-state index in [0.717, 1.165) is 12.1 Å². The third kappa shape index (κ3) is 4.29. The SMILES string of the molecule is FC(F)(F)c1cc(NCCc2ccccn2)c2cccc(C(F)(F)F)c2n1. The summed E-state index contributed by atoms with van der Waals surface area (Å²) in [6.07, 6.45) is -7.72. The van der Waals surface area contributed by atoms with E-state index in [9.17, 15) is 26.3 Å². The molecule has 0 unspecified atom stereocenters. The predicted molar refractivity (Wildman–Crippen MR) is 88.2 cm³/mol. The van der Waals surface area contributed by atoms with E-state index in [-0.39, 0.29) is 17.6 Å². The van der Waals surface area contributed by atoms with Crippen LogP contribution in [0.15, 0.2) is 48.7 Å². The van der Waals surface area contributed by atoms with Crippen molar-refractivity contribution in [3.8, 4) is 0 Å². The lowest BCUT2D eigenvalue weighted by Gasteiger charge is -2.16. The summed E-state index contributed by atoms with van der Waals surface area (Å²) in [6.45, 7) is 0.198. The van der Waals surface area contributed by atoms with Gasteiger partial charge in [-0.3, -0.25) is 4.98 Å². The first-order valence-corrected chi connectivity index (χ1v) is 7.88. The van der Waals surface area contributed by atoms with Gasteiger partial charge in [-0.25, -0.2) is 4.98 Å². The third-order valence-electron chi connectivity index (χ3n) is 3.86. The number of anilines is 1. The molecule has 0 fully saturated rings. The van der Waals surface area contributed by atoms with Gasteiger partial charge in [-0.1, -0.05) is 18.2 Å². The number of benzene rings is 1. The van der Waals surface area contributed by atoms with Crippen LogP contribution in [0.25, 0.3) is 10.9 Å². The molecular formula is C18H13F6N3. The standard InChI is InChI=1S/C18H13F6N3/c19-17(20,21)13-6-3-5-12-14(10-15(18(22,23)24)27-16(12)13)26-9-7-11-4-1-2-8-25-11/h1-6,8,10H,7,9H2,(H,26,27). The highest BCUT2D eigenvalue weighted by molar-refractivity contribution is 5.93. The number of alkyl halides is 6. The molecule has 1 aromatic carbocycles. The highest BCUT2D eigenvalue weighted by atomic mass is 19.4. The topological polar surface area (TPSA) is 37.8 Å². The quantitative estimate of drug-likeness (QED) is 0.618. The maximum atomic E-state index is 13.2. The van der Waals surface area contributed by atoms with Gasteiger partial charge in [0, 0.05) is 35.9 Å². The maximum absolute atomic E-state index is 13.2. The molecule has 3 nitrogen and oxygen atoms in total. The van der Waals surface area contributed by atoms with Gasteiger partial charge in [0.2, 0.25) is 0 Å². The second-order valence-electron chi connectivity index (χ2n) is 5.75. The van der Waals surface area contributed by atoms with Crippen LogP contribution in [0.1, 0.15) is 17.0 Å². The van der Waals surface area contributed by atoms with Crippen LogP contribution in [-0.4, -0.2) is 16.5 Å². The minimum Gasteiger partial charge on any atom is -0.384 e. The number of hydrogen-bond acceptors (Lipinski definition) is 3. The van der Waals surface area contributed by atoms with E-state index in [1.54, 1.807) is 24.4 Å². The molecule has 0 spiro atoms. The van der Waals surface area contributed by atoms with Gasteiger partial charge in [0.1, 0.15) is 5.69 Å². The second kappa shape index (κ2) is 7.05. The van der Waals surface area contributed by atoms with Gasteiger partial charge in [-0.2, -0.15) is 26.3 Å². The van der Waals surface area contributed by atoms with Gasteiger partial charge >= 0.3 is 12.4 Å². The molecule has 142 valence electrons. The summed E-state index contributed by atoms with van der Waals surface area (Å²) in [6, 6.07) is 9.12. The first-order valence-electron chi connectivity index (χ1n) is 7.88. The number of hydrogen-bond donors (Lipinski definition) is 1. The van der Waals surface area contributed by atoms with Crippen LogP contribution < -0.4 is 5.32 Å². The minimum absolute atomic E-state index is 0.0288. The summed E-state index contributed by atoms with van der Waals surface area (Å²) in [5, 5.41) is 2.75. The van der Waals surface area contributed by atoms with Crippen LogP contribution >= 0.6 is 0 Å². The third-order valence-corrected chi connectivity index (χ3v) is 3.86. The van der Waals surface area contributed by atoms with E-state index in [1.807, 2.05) is 0 Å². The van der Waals surface area contributed by atoms with Crippen LogP contribution in [0.5, 0.6) is 0 Å². The number of fused-ring (bicyclic) bond motifs is 1. The Kier molecular flexibility index (Phi) is 4.95. The largest absolute Gasteiger partial charge is 0.433 e. The van der Waals surface area contributed by atoms with Crippen LogP contribution in [0.4, 0.5) is 32.0 Å². The Balaban J connectivity index is 2.02. The maximum Gasteiger partial charge on any atom is 0.433 e. The van der Waals surface area contributed by atoms with Crippen LogP contribution in [-0.2, 0) is 18.8 Å². The van der Waals surface area contributed by atoms with Gasteiger partial charge in [-0.15, -0.1) is 0 Å². The fraction of sp³-hybridized carbons (Fsp3) is 0.222. The molecule has 3 aromatic rings. The van der Waals surface area contributed by atoms with E-state index in [1.165, 1.54) is 6.07 Å². The Morgan fingerprint density at radius 1 is 0.889 bits per heavy atom. The van der Waals surface area contributed by atoms with E-state index in [2.05, 4.69) is 15.3 Å². The number of aromatic nitrogens is 2. The molecule has 0 atom stereocenters. The van der Waals surface area contributed by atoms with Crippen LogP contribution in [0, 0.1) is 0 Å². The Bertz CT molecular complexity index is 935. The monoisotopic (exact) mass is 385 g/mol. The molecule has 0 aliphatic heterocycles. The molecule has 27 heavy (non-hydrogen) atoms. The average molecular weight is 385 g/mol. The lowest BCUT2D eigenvalue weighted by molar-refractivity contribution is -0.142. The van der Waals surface area contributed by atoms with Crippen molar-refractivity contribution in [2.24, 2.45) is 0 Å². The number of para-hydroxylation sites is 1. The lowest BCUT2D eigenvalue weighted by atomic mass is 10.1. The fourth-order valence-electron chi connectivity index (χ4n) is 2.64. The summed E-state index contributed by atoms with van der Waals surface area (Å²) in [7, 11) is 0. The zero-order valence-corrected chi connectivity index (χ0v) is 13.7. The average Bonchev–Trinajstić information content (AvgIpc) is 2.60. The van der Waals surface area contributed by atoms with E-state index >= 15 is 0 Å². The van der Waals surface area contributed by atoms with E-state index < -0.39 is 29.1 Å². The molecule has 9 heteroatoms. The Hall–Kier alpha value is -2.84. The van der Waals surface area contributed by atoms with Gasteiger partial charge in [0.15, 0.2) is 0 Å². The first-order chi connectivity index (χ1) is 12.7. The Morgan fingerprint density at radius 2 is 1.67 bits per heavy atom. The number of rotatable bonds is 4. The van der Waals surface area contributed by atoms with Crippen LogP contribution in [0.2, 0.25) is 0 Å². The molecule has 0 saturated heterocycles. The number of nitrogens with zero attached hydrogens (tertiary/aromatic N) is 2. The molecule has 0 aliphatic carbocycles. The summed E-state index contributed by atoms with van der Waals surface area (Å²) >= 11 is 0. The number of pyridine rings is 2. The van der Waals surface area contributed by atoms with Crippen molar-refractivity contribution in [1.82, 2.24) is 9.97 Å². The highest BCUT2D eigenvalue weighted by Gasteiger charge is 2.37. The van der Waals surface area contributed by atoms with Crippen LogP contribution in [0.3, 0.4) is 0 Å². The lowest BCUT2D eigenvalue weighted by Crippen LogP contribution is -2.14. The first kappa shape index (κ1) is 18.9. The van der Waals surface area contributed by atoms with E-state index in [0.29, 0.717) is 18.2 Å². The molecule has 1 N–H and O–H groups in total. The van der Waals surface area contributed by atoms with E-state index in [4.69, 9.17) is 0 Å². The summed E-state index contributed by atoms with van der Waals surface area (Å²) in [5.74, 6) is 0. The molecule has 2 heterocycles. The Labute approximate surface area is 150 Å². The smallest absolute Gasteiger partial charge is 0.384 e. The fourth-order valence-corrected chi connectivity index (χ4v) is 2.64. The van der Waals surface area contributed by atoms with Crippen molar-refractivity contribution in [3.63, 3.8) is 0 Å². The molecule has 0 amide bonds. The number of nitrogens with one attached hydrogen (secondary N) is 1. The minimum atomic E-state index is -4.87. The van der Waals surface area contributed by atoms with Gasteiger partial charge in [-0.05, 0) is 24.3 Å². The number of halogens is 6. The second-order valence-corrected chi connectivity index (χ2v) is 5.75.